The Balaban J connectivity index is 2.01. The van der Waals surface area contributed by atoms with Crippen molar-refractivity contribution in [1.82, 2.24) is 0 Å². The highest BCUT2D eigenvalue weighted by Crippen LogP contribution is 2.13. The summed E-state index contributed by atoms with van der Waals surface area (Å²) in [5.41, 5.74) is 1.11. The van der Waals surface area contributed by atoms with E-state index in [-0.39, 0.29) is 10.7 Å². The minimum absolute atomic E-state index is 0.0349. The molecule has 1 amide bonds. The number of rotatable bonds is 4. The number of sulfonamides is 1. The summed E-state index contributed by atoms with van der Waals surface area (Å²) in [5.74, 6) is -0.746. The van der Waals surface area contributed by atoms with Crippen molar-refractivity contribution in [3.8, 4) is 0 Å². The van der Waals surface area contributed by atoms with Gasteiger partial charge in [0.2, 0.25) is 15.9 Å². The monoisotopic (exact) mass is 320 g/mol. The van der Waals surface area contributed by atoms with Gasteiger partial charge in [0.05, 0.1) is 4.90 Å². The molecule has 0 unspecified atom stereocenters. The predicted octanol–water partition coefficient (Wildman–Crippen LogP) is 2.13. The van der Waals surface area contributed by atoms with Gasteiger partial charge in [0, 0.05) is 11.8 Å². The van der Waals surface area contributed by atoms with E-state index in [0.29, 0.717) is 11.3 Å². The van der Waals surface area contributed by atoms with Crippen molar-refractivity contribution in [2.45, 2.75) is 4.90 Å². The topological polar surface area (TPSA) is 89.3 Å². The van der Waals surface area contributed by atoms with E-state index in [4.69, 9.17) is 5.14 Å². The summed E-state index contributed by atoms with van der Waals surface area (Å²) in [4.78, 5) is 11.7. The molecule has 0 atom stereocenters. The molecule has 0 radical (unpaired) electrons. The number of hydrogen-bond donors (Lipinski definition) is 2. The zero-order chi connectivity index (χ0) is 16.2. The molecule has 2 rings (SSSR count). The Hall–Kier alpha value is -2.51. The first-order valence-electron chi connectivity index (χ1n) is 6.22. The fraction of sp³-hybridized carbons (Fsp3) is 0. The Labute approximate surface area is 127 Å². The number of hydrogen-bond acceptors (Lipinski definition) is 3. The van der Waals surface area contributed by atoms with E-state index in [1.54, 1.807) is 12.1 Å². The van der Waals surface area contributed by atoms with Crippen LogP contribution in [0, 0.1) is 5.82 Å². The Morgan fingerprint density at radius 3 is 2.18 bits per heavy atom. The number of nitrogens with one attached hydrogen (secondary N) is 1. The summed E-state index contributed by atoms with van der Waals surface area (Å²) >= 11 is 0. The molecule has 0 saturated carbocycles. The first-order valence-corrected chi connectivity index (χ1v) is 7.77. The predicted molar refractivity (Wildman–Crippen MR) is 81.9 cm³/mol. The Morgan fingerprint density at radius 2 is 1.64 bits per heavy atom. The molecular formula is C15H13FN2O3S. The van der Waals surface area contributed by atoms with Crippen LogP contribution in [0.3, 0.4) is 0 Å². The number of nitrogens with two attached hydrogens (primary N) is 1. The number of halogens is 1. The lowest BCUT2D eigenvalue weighted by Crippen LogP contribution is -2.12. The average Bonchev–Trinajstić information content (AvgIpc) is 2.46. The zero-order valence-corrected chi connectivity index (χ0v) is 12.2. The van der Waals surface area contributed by atoms with Crippen molar-refractivity contribution in [3.05, 3.63) is 66.0 Å². The summed E-state index contributed by atoms with van der Waals surface area (Å²) in [7, 11) is -3.76. The van der Waals surface area contributed by atoms with Gasteiger partial charge in [-0.3, -0.25) is 4.79 Å². The average molecular weight is 320 g/mol. The highest BCUT2D eigenvalue weighted by molar-refractivity contribution is 7.89. The van der Waals surface area contributed by atoms with Crippen molar-refractivity contribution in [2.75, 3.05) is 5.32 Å². The van der Waals surface area contributed by atoms with E-state index in [1.807, 2.05) is 0 Å². The fourth-order valence-electron chi connectivity index (χ4n) is 1.66. The molecule has 0 saturated heterocycles. The molecule has 0 fully saturated rings. The quantitative estimate of drug-likeness (QED) is 0.846. The van der Waals surface area contributed by atoms with Crippen molar-refractivity contribution >= 4 is 27.7 Å². The van der Waals surface area contributed by atoms with Crippen LogP contribution in [0.1, 0.15) is 5.56 Å². The fourth-order valence-corrected chi connectivity index (χ4v) is 2.17. The summed E-state index contributed by atoms with van der Waals surface area (Å²) in [5, 5.41) is 7.54. The standard InChI is InChI=1S/C15H13FN2O3S/c16-12-4-1-11(2-5-12)3-10-15(19)18-13-6-8-14(9-7-13)22(17,20)21/h1-10H,(H,18,19)(H2,17,20,21). The number of primary sulfonamides is 1. The van der Waals surface area contributed by atoms with Crippen LogP contribution >= 0.6 is 0 Å². The molecule has 0 aliphatic rings. The smallest absolute Gasteiger partial charge is 0.248 e. The van der Waals surface area contributed by atoms with E-state index in [1.165, 1.54) is 48.6 Å². The van der Waals surface area contributed by atoms with Gasteiger partial charge in [-0.1, -0.05) is 12.1 Å². The number of benzene rings is 2. The van der Waals surface area contributed by atoms with Gasteiger partial charge in [-0.25, -0.2) is 17.9 Å². The SMILES string of the molecule is NS(=O)(=O)c1ccc(NC(=O)C=Cc2ccc(F)cc2)cc1. The third-order valence-corrected chi connectivity index (χ3v) is 3.68. The lowest BCUT2D eigenvalue weighted by Gasteiger charge is -2.03. The Kier molecular flexibility index (Phi) is 4.69. The second-order valence-electron chi connectivity index (χ2n) is 4.44. The third kappa shape index (κ3) is 4.51. The lowest BCUT2D eigenvalue weighted by molar-refractivity contribution is -0.111. The summed E-state index contributed by atoms with van der Waals surface area (Å²) in [6, 6.07) is 11.1. The molecule has 0 aliphatic carbocycles. The third-order valence-electron chi connectivity index (χ3n) is 2.75. The van der Waals surface area contributed by atoms with Crippen molar-refractivity contribution < 1.29 is 17.6 Å². The summed E-state index contributed by atoms with van der Waals surface area (Å²) in [6.07, 6.45) is 2.83. The molecule has 22 heavy (non-hydrogen) atoms. The molecule has 0 spiro atoms. The van der Waals surface area contributed by atoms with Gasteiger partial charge in [-0.2, -0.15) is 0 Å². The zero-order valence-electron chi connectivity index (χ0n) is 11.4. The second kappa shape index (κ2) is 6.50. The second-order valence-corrected chi connectivity index (χ2v) is 6.00. The highest BCUT2D eigenvalue weighted by Gasteiger charge is 2.07. The van der Waals surface area contributed by atoms with Crippen LogP contribution in [-0.4, -0.2) is 14.3 Å². The molecule has 0 bridgehead atoms. The summed E-state index contributed by atoms with van der Waals surface area (Å²) < 4.78 is 34.9. The number of amides is 1. The van der Waals surface area contributed by atoms with Crippen LogP contribution in [0.25, 0.3) is 6.08 Å². The van der Waals surface area contributed by atoms with Crippen LogP contribution in [0.2, 0.25) is 0 Å². The van der Waals surface area contributed by atoms with Gasteiger partial charge >= 0.3 is 0 Å². The molecule has 0 heterocycles. The minimum Gasteiger partial charge on any atom is -0.323 e. The highest BCUT2D eigenvalue weighted by atomic mass is 32.2. The minimum atomic E-state index is -3.76. The Bertz CT molecular complexity index is 798. The lowest BCUT2D eigenvalue weighted by atomic mass is 10.2. The van der Waals surface area contributed by atoms with Gasteiger partial charge in [0.25, 0.3) is 0 Å². The molecule has 2 aromatic rings. The molecule has 3 N–H and O–H groups in total. The van der Waals surface area contributed by atoms with Gasteiger partial charge in [-0.05, 0) is 48.0 Å². The van der Waals surface area contributed by atoms with E-state index in [0.717, 1.165) is 0 Å². The van der Waals surface area contributed by atoms with E-state index >= 15 is 0 Å². The number of anilines is 1. The first-order chi connectivity index (χ1) is 10.3. The van der Waals surface area contributed by atoms with E-state index < -0.39 is 15.9 Å². The van der Waals surface area contributed by atoms with Crippen LogP contribution < -0.4 is 10.5 Å². The van der Waals surface area contributed by atoms with Crippen LogP contribution in [0.5, 0.6) is 0 Å². The van der Waals surface area contributed by atoms with Gasteiger partial charge in [0.15, 0.2) is 0 Å². The van der Waals surface area contributed by atoms with Crippen LogP contribution in [0.4, 0.5) is 10.1 Å². The van der Waals surface area contributed by atoms with Crippen molar-refractivity contribution in [1.29, 1.82) is 0 Å². The normalized spacial score (nSPS) is 11.5. The van der Waals surface area contributed by atoms with Gasteiger partial charge in [0.1, 0.15) is 5.82 Å². The van der Waals surface area contributed by atoms with Gasteiger partial charge in [-0.15, -0.1) is 0 Å². The maximum atomic E-state index is 12.7. The van der Waals surface area contributed by atoms with E-state index in [9.17, 15) is 17.6 Å². The van der Waals surface area contributed by atoms with Crippen LogP contribution in [-0.2, 0) is 14.8 Å². The largest absolute Gasteiger partial charge is 0.323 e. The maximum Gasteiger partial charge on any atom is 0.248 e. The number of carbonyl (C=O) groups excluding carboxylic acids is 1. The van der Waals surface area contributed by atoms with Gasteiger partial charge < -0.3 is 5.32 Å². The molecule has 7 heteroatoms. The van der Waals surface area contributed by atoms with Crippen molar-refractivity contribution in [3.63, 3.8) is 0 Å². The maximum absolute atomic E-state index is 12.7. The first kappa shape index (κ1) is 15.9. The molecule has 0 aliphatic heterocycles. The summed E-state index contributed by atoms with van der Waals surface area (Å²) in [6.45, 7) is 0. The molecule has 0 aromatic heterocycles. The van der Waals surface area contributed by atoms with E-state index in [2.05, 4.69) is 5.32 Å². The molecular weight excluding hydrogens is 307 g/mol. The molecule has 114 valence electrons. The molecule has 5 nitrogen and oxygen atoms in total. The number of carbonyl (C=O) groups is 1. The molecule has 2 aromatic carbocycles. The van der Waals surface area contributed by atoms with Crippen LogP contribution in [0.15, 0.2) is 59.5 Å². The Morgan fingerprint density at radius 1 is 1.05 bits per heavy atom. The van der Waals surface area contributed by atoms with Crippen molar-refractivity contribution in [2.24, 2.45) is 5.14 Å².